The molecule has 3 N–H and O–H groups in total. The van der Waals surface area contributed by atoms with E-state index in [1.54, 1.807) is 31.2 Å². The Hall–Kier alpha value is -2.30. The van der Waals surface area contributed by atoms with Crippen molar-refractivity contribution in [3.05, 3.63) is 40.2 Å². The Kier molecular flexibility index (Phi) is 3.55. The molecule has 0 aliphatic carbocycles. The third-order valence-electron chi connectivity index (χ3n) is 2.94. The van der Waals surface area contributed by atoms with Gasteiger partial charge in [0.25, 0.3) is 5.56 Å². The fraction of sp³-hybridized carbons (Fsp3) is 0.286. The van der Waals surface area contributed by atoms with Gasteiger partial charge in [-0.2, -0.15) is 0 Å². The van der Waals surface area contributed by atoms with Gasteiger partial charge in [-0.25, -0.2) is 9.36 Å². The van der Waals surface area contributed by atoms with Crippen LogP contribution in [0.2, 0.25) is 0 Å². The van der Waals surface area contributed by atoms with Crippen LogP contribution in [0.5, 0.6) is 0 Å². The highest BCUT2D eigenvalue weighted by Crippen LogP contribution is 2.16. The largest absolute Gasteiger partial charge is 0.399 e. The molecule has 1 amide bonds. The van der Waals surface area contributed by atoms with E-state index in [1.807, 2.05) is 6.92 Å². The first kappa shape index (κ1) is 13.1. The van der Waals surface area contributed by atoms with Gasteiger partial charge in [0, 0.05) is 17.8 Å². The van der Waals surface area contributed by atoms with Crippen molar-refractivity contribution in [2.75, 3.05) is 12.3 Å². The Morgan fingerprint density at radius 1 is 1.37 bits per heavy atom. The number of pyridine rings is 1. The Labute approximate surface area is 111 Å². The van der Waals surface area contributed by atoms with Crippen LogP contribution in [0.25, 0.3) is 10.9 Å². The number of aryl methyl sites for hydroxylation is 1. The molecule has 2 rings (SSSR count). The minimum absolute atomic E-state index is 0.313. The van der Waals surface area contributed by atoms with Crippen molar-refractivity contribution in [2.45, 2.75) is 20.3 Å². The fourth-order valence-electron chi connectivity index (χ4n) is 1.97. The number of fused-ring (bicyclic) bond motifs is 1. The molecule has 1 aromatic carbocycles. The van der Waals surface area contributed by atoms with Crippen molar-refractivity contribution < 1.29 is 4.79 Å². The summed E-state index contributed by atoms with van der Waals surface area (Å²) < 4.78 is 1.15. The lowest BCUT2D eigenvalue weighted by Crippen LogP contribution is -2.37. The monoisotopic (exact) mass is 259 g/mol. The number of aromatic nitrogens is 1. The molecule has 19 heavy (non-hydrogen) atoms. The SMILES string of the molecule is CCCNC(=O)n1c(=O)c(C)cc2ccc(N)cc21. The molecule has 0 fully saturated rings. The van der Waals surface area contributed by atoms with Crippen LogP contribution < -0.4 is 16.6 Å². The zero-order valence-corrected chi connectivity index (χ0v) is 11.1. The summed E-state index contributed by atoms with van der Waals surface area (Å²) in [5, 5.41) is 3.53. The normalized spacial score (nSPS) is 10.6. The van der Waals surface area contributed by atoms with Gasteiger partial charge in [0.1, 0.15) is 0 Å². The van der Waals surface area contributed by atoms with Gasteiger partial charge < -0.3 is 11.1 Å². The van der Waals surface area contributed by atoms with E-state index < -0.39 is 6.03 Å². The number of anilines is 1. The molecule has 0 atom stereocenters. The molecule has 5 nitrogen and oxygen atoms in total. The Bertz CT molecular complexity index is 689. The molecule has 0 saturated heterocycles. The maximum Gasteiger partial charge on any atom is 0.329 e. The number of amides is 1. The van der Waals surface area contributed by atoms with Gasteiger partial charge in [0.05, 0.1) is 5.52 Å². The van der Waals surface area contributed by atoms with E-state index in [2.05, 4.69) is 5.32 Å². The molecular weight excluding hydrogens is 242 g/mol. The summed E-state index contributed by atoms with van der Waals surface area (Å²) in [6.45, 7) is 4.18. The Balaban J connectivity index is 2.69. The highest BCUT2D eigenvalue weighted by atomic mass is 16.2. The van der Waals surface area contributed by atoms with Crippen molar-refractivity contribution >= 4 is 22.6 Å². The maximum absolute atomic E-state index is 12.2. The highest BCUT2D eigenvalue weighted by Gasteiger charge is 2.13. The van der Waals surface area contributed by atoms with Gasteiger partial charge in [-0.15, -0.1) is 0 Å². The third-order valence-corrected chi connectivity index (χ3v) is 2.94. The lowest BCUT2D eigenvalue weighted by atomic mass is 10.1. The standard InChI is InChI=1S/C14H17N3O2/c1-3-6-16-14(19)17-12-8-11(15)5-4-10(12)7-9(2)13(17)18/h4-5,7-8H,3,6,15H2,1-2H3,(H,16,19). The number of nitrogens with one attached hydrogen (secondary N) is 1. The maximum atomic E-state index is 12.2. The minimum Gasteiger partial charge on any atom is -0.399 e. The number of carbonyl (C=O) groups excluding carboxylic acids is 1. The van der Waals surface area contributed by atoms with E-state index in [9.17, 15) is 9.59 Å². The number of rotatable bonds is 2. The number of nitrogen functional groups attached to an aromatic ring is 1. The lowest BCUT2D eigenvalue weighted by Gasteiger charge is -2.11. The van der Waals surface area contributed by atoms with Gasteiger partial charge in [0.15, 0.2) is 0 Å². The third kappa shape index (κ3) is 2.45. The van der Waals surface area contributed by atoms with Gasteiger partial charge in [-0.1, -0.05) is 13.0 Å². The van der Waals surface area contributed by atoms with Crippen molar-refractivity contribution in [2.24, 2.45) is 0 Å². The van der Waals surface area contributed by atoms with E-state index in [0.29, 0.717) is 23.3 Å². The molecule has 100 valence electrons. The van der Waals surface area contributed by atoms with E-state index in [0.717, 1.165) is 16.4 Å². The number of nitrogens with two attached hydrogens (primary N) is 1. The second-order valence-corrected chi connectivity index (χ2v) is 4.52. The van der Waals surface area contributed by atoms with Crippen LogP contribution >= 0.6 is 0 Å². The summed E-state index contributed by atoms with van der Waals surface area (Å²) in [6, 6.07) is 6.55. The van der Waals surface area contributed by atoms with Crippen LogP contribution in [0.15, 0.2) is 29.1 Å². The minimum atomic E-state index is -0.411. The predicted molar refractivity (Wildman–Crippen MR) is 76.4 cm³/mol. The molecule has 5 heteroatoms. The van der Waals surface area contributed by atoms with Crippen molar-refractivity contribution in [1.82, 2.24) is 9.88 Å². The summed E-state index contributed by atoms with van der Waals surface area (Å²) in [6.07, 6.45) is 0.812. The van der Waals surface area contributed by atoms with E-state index in [4.69, 9.17) is 5.73 Å². The molecule has 0 aliphatic rings. The van der Waals surface area contributed by atoms with Crippen LogP contribution in [-0.4, -0.2) is 17.1 Å². The second kappa shape index (κ2) is 5.14. The van der Waals surface area contributed by atoms with Crippen molar-refractivity contribution in [1.29, 1.82) is 0 Å². The van der Waals surface area contributed by atoms with Crippen molar-refractivity contribution in [3.63, 3.8) is 0 Å². The molecule has 2 aromatic rings. The average molecular weight is 259 g/mol. The molecule has 0 aliphatic heterocycles. The Morgan fingerprint density at radius 3 is 2.79 bits per heavy atom. The number of nitrogens with zero attached hydrogens (tertiary/aromatic N) is 1. The van der Waals surface area contributed by atoms with Gasteiger partial charge in [-0.05, 0) is 36.9 Å². The number of carbonyl (C=O) groups is 1. The van der Waals surface area contributed by atoms with E-state index >= 15 is 0 Å². The second-order valence-electron chi connectivity index (χ2n) is 4.52. The molecule has 0 unspecified atom stereocenters. The molecule has 0 radical (unpaired) electrons. The zero-order valence-electron chi connectivity index (χ0n) is 11.1. The van der Waals surface area contributed by atoms with E-state index in [1.165, 1.54) is 0 Å². The molecule has 1 heterocycles. The summed E-state index contributed by atoms with van der Waals surface area (Å²) in [5.41, 5.74) is 7.01. The number of benzene rings is 1. The fourth-order valence-corrected chi connectivity index (χ4v) is 1.97. The first-order valence-electron chi connectivity index (χ1n) is 6.24. The van der Waals surface area contributed by atoms with Gasteiger partial charge >= 0.3 is 6.03 Å². The van der Waals surface area contributed by atoms with Crippen LogP contribution in [0.3, 0.4) is 0 Å². The first-order valence-corrected chi connectivity index (χ1v) is 6.24. The van der Waals surface area contributed by atoms with Crippen LogP contribution in [0.1, 0.15) is 18.9 Å². The smallest absolute Gasteiger partial charge is 0.329 e. The van der Waals surface area contributed by atoms with Crippen LogP contribution in [0, 0.1) is 6.92 Å². The molecule has 0 saturated carbocycles. The quantitative estimate of drug-likeness (QED) is 0.808. The van der Waals surface area contributed by atoms with Crippen molar-refractivity contribution in [3.8, 4) is 0 Å². The topological polar surface area (TPSA) is 77.1 Å². The zero-order chi connectivity index (χ0) is 14.0. The number of hydrogen-bond acceptors (Lipinski definition) is 3. The number of hydrogen-bond donors (Lipinski definition) is 2. The highest BCUT2D eigenvalue weighted by molar-refractivity contribution is 5.92. The molecular formula is C14H17N3O2. The van der Waals surface area contributed by atoms with Gasteiger partial charge in [-0.3, -0.25) is 4.79 Å². The van der Waals surface area contributed by atoms with Crippen LogP contribution in [-0.2, 0) is 0 Å². The molecule has 0 spiro atoms. The predicted octanol–water partition coefficient (Wildman–Crippen LogP) is 1.86. The summed E-state index contributed by atoms with van der Waals surface area (Å²) >= 11 is 0. The van der Waals surface area contributed by atoms with Crippen LogP contribution in [0.4, 0.5) is 10.5 Å². The summed E-state index contributed by atoms with van der Waals surface area (Å²) in [7, 11) is 0. The average Bonchev–Trinajstić information content (AvgIpc) is 2.38. The Morgan fingerprint density at radius 2 is 2.11 bits per heavy atom. The summed E-state index contributed by atoms with van der Waals surface area (Å²) in [4.78, 5) is 24.3. The summed E-state index contributed by atoms with van der Waals surface area (Å²) in [5.74, 6) is 0. The first-order chi connectivity index (χ1) is 9.04. The molecule has 1 aromatic heterocycles. The van der Waals surface area contributed by atoms with Gasteiger partial charge in [0.2, 0.25) is 0 Å². The lowest BCUT2D eigenvalue weighted by molar-refractivity contribution is 0.242. The van der Waals surface area contributed by atoms with E-state index in [-0.39, 0.29) is 5.56 Å². The molecule has 0 bridgehead atoms.